The van der Waals surface area contributed by atoms with Crippen LogP contribution in [0.1, 0.15) is 6.92 Å². The zero-order valence-electron chi connectivity index (χ0n) is 11.2. The van der Waals surface area contributed by atoms with E-state index in [4.69, 9.17) is 9.84 Å². The van der Waals surface area contributed by atoms with Gasteiger partial charge in [-0.25, -0.2) is 4.79 Å². The number of nitrogens with one attached hydrogen (secondary N) is 1. The summed E-state index contributed by atoms with van der Waals surface area (Å²) >= 11 is 0. The van der Waals surface area contributed by atoms with E-state index in [0.717, 1.165) is 5.69 Å². The maximum atomic E-state index is 10.9. The molecule has 0 bridgehead atoms. The van der Waals surface area contributed by atoms with Crippen LogP contribution in [0.15, 0.2) is 24.3 Å². The highest BCUT2D eigenvalue weighted by molar-refractivity contribution is 5.82. The molecule has 19 heavy (non-hydrogen) atoms. The van der Waals surface area contributed by atoms with Gasteiger partial charge in [-0.05, 0) is 12.1 Å². The number of carbonyl (C=O) groups is 2. The van der Waals surface area contributed by atoms with Crippen molar-refractivity contribution in [2.75, 3.05) is 25.6 Å². The molecule has 104 valence electrons. The van der Waals surface area contributed by atoms with Crippen molar-refractivity contribution in [2.24, 2.45) is 0 Å². The third-order valence-corrected chi connectivity index (χ3v) is 2.43. The highest BCUT2D eigenvalue weighted by Crippen LogP contribution is 2.19. The maximum Gasteiger partial charge on any atom is 0.329 e. The molecule has 0 fully saturated rings. The number of amides is 1. The third-order valence-electron chi connectivity index (χ3n) is 2.43. The van der Waals surface area contributed by atoms with E-state index in [1.807, 2.05) is 31.1 Å². The number of aliphatic carboxylic acids is 1. The second-order valence-corrected chi connectivity index (χ2v) is 4.29. The van der Waals surface area contributed by atoms with Crippen molar-refractivity contribution in [3.05, 3.63) is 24.3 Å². The van der Waals surface area contributed by atoms with Gasteiger partial charge in [0.1, 0.15) is 12.4 Å². The zero-order chi connectivity index (χ0) is 14.4. The summed E-state index contributed by atoms with van der Waals surface area (Å²) in [6, 6.07) is 6.21. The molecule has 0 aromatic heterocycles. The molecule has 6 heteroatoms. The van der Waals surface area contributed by atoms with Crippen LogP contribution in [0.5, 0.6) is 5.75 Å². The van der Waals surface area contributed by atoms with E-state index in [1.54, 1.807) is 12.1 Å². The molecular weight excluding hydrogens is 248 g/mol. The molecule has 1 rings (SSSR count). The van der Waals surface area contributed by atoms with E-state index in [2.05, 4.69) is 5.32 Å². The van der Waals surface area contributed by atoms with Crippen LogP contribution in [0.3, 0.4) is 0 Å². The number of carbonyl (C=O) groups excluding carboxylic acids is 1. The van der Waals surface area contributed by atoms with E-state index in [-0.39, 0.29) is 6.61 Å². The fourth-order valence-electron chi connectivity index (χ4n) is 1.45. The molecule has 2 N–H and O–H groups in total. The molecule has 0 aliphatic heterocycles. The minimum Gasteiger partial charge on any atom is -0.491 e. The first kappa shape index (κ1) is 14.8. The Hall–Kier alpha value is -2.24. The van der Waals surface area contributed by atoms with Gasteiger partial charge in [0.25, 0.3) is 0 Å². The molecule has 0 saturated carbocycles. The minimum absolute atomic E-state index is 0.119. The molecule has 6 nitrogen and oxygen atoms in total. The van der Waals surface area contributed by atoms with Crippen molar-refractivity contribution in [1.29, 1.82) is 0 Å². The molecule has 1 aromatic rings. The van der Waals surface area contributed by atoms with E-state index in [9.17, 15) is 9.59 Å². The van der Waals surface area contributed by atoms with Crippen molar-refractivity contribution in [2.45, 2.75) is 13.0 Å². The summed E-state index contributed by atoms with van der Waals surface area (Å²) < 4.78 is 5.40. The SMILES string of the molecule is CC(=O)NC(COc1cccc(N(C)C)c1)C(=O)O. The lowest BCUT2D eigenvalue weighted by Gasteiger charge is -2.16. The fraction of sp³-hybridized carbons (Fsp3) is 0.385. The molecule has 0 heterocycles. The highest BCUT2D eigenvalue weighted by atomic mass is 16.5. The number of nitrogens with zero attached hydrogens (tertiary/aromatic N) is 1. The zero-order valence-corrected chi connectivity index (χ0v) is 11.2. The maximum absolute atomic E-state index is 10.9. The number of benzene rings is 1. The Labute approximate surface area is 112 Å². The van der Waals surface area contributed by atoms with Crippen LogP contribution in [0.4, 0.5) is 5.69 Å². The predicted octanol–water partition coefficient (Wildman–Crippen LogP) is 0.721. The van der Waals surface area contributed by atoms with Crippen molar-refractivity contribution in [3.63, 3.8) is 0 Å². The standard InChI is InChI=1S/C13H18N2O4/c1-9(16)14-12(13(17)18)8-19-11-6-4-5-10(7-11)15(2)3/h4-7,12H,8H2,1-3H3,(H,14,16)(H,17,18). The average molecular weight is 266 g/mol. The third kappa shape index (κ3) is 4.87. The molecule has 0 aliphatic rings. The summed E-state index contributed by atoms with van der Waals surface area (Å²) in [6.07, 6.45) is 0. The van der Waals surface area contributed by atoms with Crippen LogP contribution >= 0.6 is 0 Å². The summed E-state index contributed by atoms with van der Waals surface area (Å²) in [4.78, 5) is 23.7. The van der Waals surface area contributed by atoms with Gasteiger partial charge in [-0.15, -0.1) is 0 Å². The lowest BCUT2D eigenvalue weighted by atomic mass is 10.3. The Morgan fingerprint density at radius 1 is 1.42 bits per heavy atom. The molecule has 1 amide bonds. The molecule has 0 aliphatic carbocycles. The van der Waals surface area contributed by atoms with Gasteiger partial charge < -0.3 is 20.1 Å². The molecule has 1 aromatic carbocycles. The van der Waals surface area contributed by atoms with Crippen LogP contribution in [-0.4, -0.2) is 43.7 Å². The summed E-state index contributed by atoms with van der Waals surface area (Å²) in [6.45, 7) is 1.15. The van der Waals surface area contributed by atoms with Crippen LogP contribution in [0.25, 0.3) is 0 Å². The Bertz CT molecular complexity index is 460. The van der Waals surface area contributed by atoms with E-state index in [1.165, 1.54) is 6.92 Å². The Balaban J connectivity index is 2.66. The van der Waals surface area contributed by atoms with Gasteiger partial charge in [-0.2, -0.15) is 0 Å². The van der Waals surface area contributed by atoms with Gasteiger partial charge in [-0.1, -0.05) is 6.07 Å². The average Bonchev–Trinajstić information content (AvgIpc) is 2.34. The number of carboxylic acids is 1. The summed E-state index contributed by atoms with van der Waals surface area (Å²) in [5.41, 5.74) is 0.948. The lowest BCUT2D eigenvalue weighted by Crippen LogP contribution is -2.43. The molecule has 0 spiro atoms. The first-order chi connectivity index (χ1) is 8.90. The van der Waals surface area contributed by atoms with Crippen molar-refractivity contribution >= 4 is 17.6 Å². The van der Waals surface area contributed by atoms with Gasteiger partial charge in [0.05, 0.1) is 0 Å². The minimum atomic E-state index is -1.13. The van der Waals surface area contributed by atoms with Gasteiger partial charge in [0.15, 0.2) is 6.04 Å². The highest BCUT2D eigenvalue weighted by Gasteiger charge is 2.19. The van der Waals surface area contributed by atoms with E-state index < -0.39 is 17.9 Å². The van der Waals surface area contributed by atoms with Gasteiger partial charge in [-0.3, -0.25) is 4.79 Å². The Morgan fingerprint density at radius 3 is 2.63 bits per heavy atom. The largest absolute Gasteiger partial charge is 0.491 e. The van der Waals surface area contributed by atoms with Crippen LogP contribution in [-0.2, 0) is 9.59 Å². The number of hydrogen-bond donors (Lipinski definition) is 2. The second-order valence-electron chi connectivity index (χ2n) is 4.29. The quantitative estimate of drug-likeness (QED) is 0.793. The van der Waals surface area contributed by atoms with E-state index in [0.29, 0.717) is 5.75 Å². The van der Waals surface area contributed by atoms with Crippen molar-refractivity contribution in [1.82, 2.24) is 5.32 Å². The smallest absolute Gasteiger partial charge is 0.329 e. The molecule has 1 unspecified atom stereocenters. The van der Waals surface area contributed by atoms with Crippen LogP contribution in [0, 0.1) is 0 Å². The number of ether oxygens (including phenoxy) is 1. The van der Waals surface area contributed by atoms with Crippen molar-refractivity contribution < 1.29 is 19.4 Å². The van der Waals surface area contributed by atoms with E-state index >= 15 is 0 Å². The summed E-state index contributed by atoms with van der Waals surface area (Å²) in [7, 11) is 3.80. The molecular formula is C13H18N2O4. The fourth-order valence-corrected chi connectivity index (χ4v) is 1.45. The molecule has 0 saturated heterocycles. The summed E-state index contributed by atoms with van der Waals surface area (Å²) in [5, 5.41) is 11.3. The van der Waals surface area contributed by atoms with Crippen molar-refractivity contribution in [3.8, 4) is 5.75 Å². The topological polar surface area (TPSA) is 78.9 Å². The van der Waals surface area contributed by atoms with Crippen LogP contribution in [0.2, 0.25) is 0 Å². The normalized spacial score (nSPS) is 11.5. The molecule has 0 radical (unpaired) electrons. The first-order valence-electron chi connectivity index (χ1n) is 5.80. The first-order valence-corrected chi connectivity index (χ1v) is 5.80. The van der Waals surface area contributed by atoms with Gasteiger partial charge in [0.2, 0.25) is 5.91 Å². The Kier molecular flexibility index (Phi) is 5.17. The van der Waals surface area contributed by atoms with Crippen LogP contribution < -0.4 is 15.0 Å². The number of rotatable bonds is 6. The summed E-state index contributed by atoms with van der Waals surface area (Å²) in [5.74, 6) is -0.972. The monoisotopic (exact) mass is 266 g/mol. The van der Waals surface area contributed by atoms with Gasteiger partial charge in [0, 0.05) is 32.8 Å². The molecule has 1 atom stereocenters. The Morgan fingerprint density at radius 2 is 2.11 bits per heavy atom. The number of hydrogen-bond acceptors (Lipinski definition) is 4. The second kappa shape index (κ2) is 6.63. The number of carboxylic acid groups (broad SMARTS) is 1. The number of anilines is 1. The van der Waals surface area contributed by atoms with Gasteiger partial charge >= 0.3 is 5.97 Å². The predicted molar refractivity (Wildman–Crippen MR) is 71.5 cm³/mol. The lowest BCUT2D eigenvalue weighted by molar-refractivity contribution is -0.142.